The van der Waals surface area contributed by atoms with Crippen molar-refractivity contribution in [3.05, 3.63) is 99.5 Å². The number of rotatable bonds is 11. The first-order valence-electron chi connectivity index (χ1n) is 13.7. The number of allylic oxidation sites excluding steroid dienone is 1. The maximum absolute atomic E-state index is 15.6. The van der Waals surface area contributed by atoms with Crippen molar-refractivity contribution in [3.8, 4) is 17.2 Å². The van der Waals surface area contributed by atoms with Crippen LogP contribution < -0.4 is 18.5 Å². The Morgan fingerprint density at radius 2 is 1.86 bits per heavy atom. The van der Waals surface area contributed by atoms with Gasteiger partial charge in [0.25, 0.3) is 0 Å². The van der Waals surface area contributed by atoms with Gasteiger partial charge in [0.05, 0.1) is 37.3 Å². The maximum atomic E-state index is 15.6. The number of nitrogens with zero attached hydrogens (tertiary/aromatic N) is 2. The lowest BCUT2D eigenvalue weighted by molar-refractivity contribution is 0.267. The highest BCUT2D eigenvalue weighted by Gasteiger charge is 2.26. The molecule has 0 N–H and O–H groups in total. The number of methoxy groups -OCH3 is 2. The third-order valence-corrected chi connectivity index (χ3v) is 9.92. The minimum atomic E-state index is -2.01. The Hall–Kier alpha value is -3.47. The van der Waals surface area contributed by atoms with Crippen LogP contribution in [0.15, 0.2) is 71.8 Å². The summed E-state index contributed by atoms with van der Waals surface area (Å²) in [6, 6.07) is 14.2. The summed E-state index contributed by atoms with van der Waals surface area (Å²) >= 11 is 7.93. The van der Waals surface area contributed by atoms with E-state index in [1.54, 1.807) is 37.6 Å². The maximum Gasteiger partial charge on any atom is 0.198 e. The van der Waals surface area contributed by atoms with Gasteiger partial charge in [0.15, 0.2) is 16.1 Å². The van der Waals surface area contributed by atoms with E-state index in [0.29, 0.717) is 22.2 Å². The SMILES string of the molecule is COc1ccc(CN(c2ncc(C)s2)S(=O)c2cc(Cl)c(OCC3CCCC=C3c3ccc(F)cc3)cc2F)c(OC)c1. The number of thiazole rings is 1. The molecule has 0 saturated heterocycles. The molecule has 2 atom stereocenters. The molecule has 1 heterocycles. The molecule has 11 heteroatoms. The Kier molecular flexibility index (Phi) is 10.00. The van der Waals surface area contributed by atoms with Crippen LogP contribution >= 0.6 is 22.9 Å². The number of hydrogen-bond donors (Lipinski definition) is 0. The molecule has 0 bridgehead atoms. The Morgan fingerprint density at radius 1 is 1.07 bits per heavy atom. The minimum absolute atomic E-state index is 0.0373. The molecule has 226 valence electrons. The monoisotopic (exact) mass is 644 g/mol. The van der Waals surface area contributed by atoms with Crippen molar-refractivity contribution in [3.63, 3.8) is 0 Å². The van der Waals surface area contributed by atoms with Crippen LogP contribution in [0.4, 0.5) is 13.9 Å². The summed E-state index contributed by atoms with van der Waals surface area (Å²) < 4.78 is 61.4. The van der Waals surface area contributed by atoms with Gasteiger partial charge in [-0.2, -0.15) is 0 Å². The van der Waals surface area contributed by atoms with E-state index in [4.69, 9.17) is 25.8 Å². The van der Waals surface area contributed by atoms with E-state index in [-0.39, 0.29) is 40.6 Å². The fourth-order valence-electron chi connectivity index (χ4n) is 4.97. The van der Waals surface area contributed by atoms with Crippen molar-refractivity contribution in [1.82, 2.24) is 4.98 Å². The normalized spacial score (nSPS) is 15.5. The van der Waals surface area contributed by atoms with Gasteiger partial charge in [0, 0.05) is 34.7 Å². The molecule has 0 saturated carbocycles. The molecule has 0 radical (unpaired) electrons. The highest BCUT2D eigenvalue weighted by Crippen LogP contribution is 2.37. The number of hydrogen-bond acceptors (Lipinski definition) is 6. The molecular weight excluding hydrogens is 614 g/mol. The first kappa shape index (κ1) is 31.0. The van der Waals surface area contributed by atoms with Crippen molar-refractivity contribution in [2.75, 3.05) is 25.1 Å². The van der Waals surface area contributed by atoms with Gasteiger partial charge in [-0.3, -0.25) is 4.31 Å². The predicted octanol–water partition coefficient (Wildman–Crippen LogP) is 8.39. The lowest BCUT2D eigenvalue weighted by Crippen LogP contribution is -2.26. The zero-order valence-corrected chi connectivity index (χ0v) is 26.3. The van der Waals surface area contributed by atoms with Gasteiger partial charge < -0.3 is 14.2 Å². The predicted molar refractivity (Wildman–Crippen MR) is 168 cm³/mol. The van der Waals surface area contributed by atoms with Crippen LogP contribution in [-0.4, -0.2) is 30.0 Å². The van der Waals surface area contributed by atoms with E-state index in [1.165, 1.54) is 47.0 Å². The molecule has 3 aromatic carbocycles. The number of aryl methyl sites for hydroxylation is 1. The fraction of sp³-hybridized carbons (Fsp3) is 0.281. The molecular formula is C32H31ClF2N2O4S2. The van der Waals surface area contributed by atoms with Crippen LogP contribution in [0, 0.1) is 24.5 Å². The molecule has 43 heavy (non-hydrogen) atoms. The second-order valence-corrected chi connectivity index (χ2v) is 13.0. The molecule has 2 unspecified atom stereocenters. The van der Waals surface area contributed by atoms with Crippen LogP contribution in [0.25, 0.3) is 5.57 Å². The van der Waals surface area contributed by atoms with Crippen molar-refractivity contribution in [2.24, 2.45) is 5.92 Å². The van der Waals surface area contributed by atoms with Crippen LogP contribution in [0.1, 0.15) is 35.3 Å². The zero-order valence-electron chi connectivity index (χ0n) is 23.9. The Morgan fingerprint density at radius 3 is 2.56 bits per heavy atom. The average molecular weight is 645 g/mol. The smallest absolute Gasteiger partial charge is 0.198 e. The molecule has 1 aromatic heterocycles. The van der Waals surface area contributed by atoms with E-state index >= 15 is 4.39 Å². The van der Waals surface area contributed by atoms with Gasteiger partial charge >= 0.3 is 0 Å². The van der Waals surface area contributed by atoms with Crippen molar-refractivity contribution >= 4 is 44.6 Å². The minimum Gasteiger partial charge on any atom is -0.497 e. The number of aromatic nitrogens is 1. The van der Waals surface area contributed by atoms with Crippen molar-refractivity contribution in [2.45, 2.75) is 37.6 Å². The Bertz CT molecular complexity index is 1650. The van der Waals surface area contributed by atoms with E-state index in [2.05, 4.69) is 11.1 Å². The standard InChI is InChI=1S/C32H31ClF2N2O4S2/c1-20-17-36-32(42-20)37(18-22-10-13-25(39-2)14-29(22)40-3)43(38)31-15-27(33)30(16-28(31)35)41-19-23-6-4-5-7-26(23)21-8-11-24(34)12-9-21/h7-17,23H,4-6,18-19H2,1-3H3. The molecule has 0 amide bonds. The van der Waals surface area contributed by atoms with Crippen LogP contribution in [0.2, 0.25) is 5.02 Å². The number of ether oxygens (including phenoxy) is 3. The van der Waals surface area contributed by atoms with Crippen molar-refractivity contribution < 1.29 is 27.2 Å². The summed E-state index contributed by atoms with van der Waals surface area (Å²) in [5, 5.41) is 0.604. The van der Waals surface area contributed by atoms with E-state index in [0.717, 1.165) is 35.3 Å². The second-order valence-electron chi connectivity index (χ2n) is 10.0. The van der Waals surface area contributed by atoms with Gasteiger partial charge in [0.2, 0.25) is 0 Å². The number of anilines is 1. The summed E-state index contributed by atoms with van der Waals surface area (Å²) in [6.45, 7) is 2.29. The van der Waals surface area contributed by atoms with Gasteiger partial charge in [-0.25, -0.2) is 18.0 Å². The van der Waals surface area contributed by atoms with Crippen LogP contribution in [0.3, 0.4) is 0 Å². The van der Waals surface area contributed by atoms with E-state index in [9.17, 15) is 8.60 Å². The van der Waals surface area contributed by atoms with E-state index < -0.39 is 16.8 Å². The molecule has 4 aromatic rings. The zero-order chi connectivity index (χ0) is 30.5. The topological polar surface area (TPSA) is 60.9 Å². The quantitative estimate of drug-likeness (QED) is 0.164. The molecule has 0 fully saturated rings. The Balaban J connectivity index is 1.38. The van der Waals surface area contributed by atoms with Crippen molar-refractivity contribution in [1.29, 1.82) is 0 Å². The summed E-state index contributed by atoms with van der Waals surface area (Å²) in [5.41, 5.74) is 2.72. The third kappa shape index (κ3) is 7.20. The van der Waals surface area contributed by atoms with Crippen LogP contribution in [-0.2, 0) is 17.5 Å². The average Bonchev–Trinajstić information content (AvgIpc) is 3.46. The Labute approximate surface area is 261 Å². The summed E-state index contributed by atoms with van der Waals surface area (Å²) in [7, 11) is 1.09. The van der Waals surface area contributed by atoms with Gasteiger partial charge in [-0.15, -0.1) is 11.3 Å². The molecule has 5 rings (SSSR count). The first-order chi connectivity index (χ1) is 20.8. The summed E-state index contributed by atoms with van der Waals surface area (Å²) in [5.74, 6) is 0.344. The highest BCUT2D eigenvalue weighted by molar-refractivity contribution is 7.86. The number of benzene rings is 3. The second kappa shape index (κ2) is 13.9. The third-order valence-electron chi connectivity index (χ3n) is 7.18. The first-order valence-corrected chi connectivity index (χ1v) is 16.0. The lowest BCUT2D eigenvalue weighted by atomic mass is 9.84. The molecule has 1 aliphatic carbocycles. The van der Waals surface area contributed by atoms with Gasteiger partial charge in [-0.05, 0) is 67.7 Å². The molecule has 0 aliphatic heterocycles. The highest BCUT2D eigenvalue weighted by atomic mass is 35.5. The molecule has 0 spiro atoms. The summed E-state index contributed by atoms with van der Waals surface area (Å²) in [4.78, 5) is 5.23. The van der Waals surface area contributed by atoms with Gasteiger partial charge in [0.1, 0.15) is 28.9 Å². The molecule has 6 nitrogen and oxygen atoms in total. The fourth-order valence-corrected chi connectivity index (χ4v) is 7.36. The molecule has 1 aliphatic rings. The lowest BCUT2D eigenvalue weighted by Gasteiger charge is -2.25. The summed E-state index contributed by atoms with van der Waals surface area (Å²) in [6.07, 6.45) is 6.62. The van der Waals surface area contributed by atoms with Crippen LogP contribution in [0.5, 0.6) is 17.2 Å². The van der Waals surface area contributed by atoms with E-state index in [1.807, 2.05) is 13.0 Å². The largest absolute Gasteiger partial charge is 0.497 e. The van der Waals surface area contributed by atoms with Gasteiger partial charge in [-0.1, -0.05) is 29.8 Å². The number of halogens is 3.